The van der Waals surface area contributed by atoms with Gasteiger partial charge in [-0.2, -0.15) is 5.10 Å². The SMILES string of the molecule is CCc1nnc(N2CCc3c(cccc3NC(=O)Nc3ccccc3F)C2)nc1CC. The zero-order valence-corrected chi connectivity index (χ0v) is 17.7. The quantitative estimate of drug-likeness (QED) is 0.642. The second-order valence-electron chi connectivity index (χ2n) is 7.39. The largest absolute Gasteiger partial charge is 0.335 e. The lowest BCUT2D eigenvalue weighted by Crippen LogP contribution is -2.33. The Kier molecular flexibility index (Phi) is 6.06. The van der Waals surface area contributed by atoms with Crippen LogP contribution >= 0.6 is 0 Å². The average molecular weight is 420 g/mol. The molecule has 3 aromatic rings. The fourth-order valence-corrected chi connectivity index (χ4v) is 3.80. The maximum absolute atomic E-state index is 13.8. The number of carbonyl (C=O) groups excluding carboxylic acids is 1. The van der Waals surface area contributed by atoms with Gasteiger partial charge in [0.25, 0.3) is 0 Å². The molecule has 4 rings (SSSR count). The molecule has 0 bridgehead atoms. The number of urea groups is 1. The van der Waals surface area contributed by atoms with Gasteiger partial charge in [0, 0.05) is 18.8 Å². The molecule has 0 spiro atoms. The molecule has 0 atom stereocenters. The van der Waals surface area contributed by atoms with Crippen LogP contribution in [0, 0.1) is 5.82 Å². The molecule has 0 fully saturated rings. The monoisotopic (exact) mass is 420 g/mol. The summed E-state index contributed by atoms with van der Waals surface area (Å²) in [5, 5.41) is 14.1. The zero-order valence-electron chi connectivity index (χ0n) is 17.7. The van der Waals surface area contributed by atoms with Gasteiger partial charge in [0.15, 0.2) is 0 Å². The first-order chi connectivity index (χ1) is 15.1. The Morgan fingerprint density at radius 1 is 1.00 bits per heavy atom. The van der Waals surface area contributed by atoms with E-state index in [1.807, 2.05) is 18.2 Å². The number of fused-ring (bicyclic) bond motifs is 1. The van der Waals surface area contributed by atoms with Crippen molar-refractivity contribution in [3.8, 4) is 0 Å². The molecule has 2 heterocycles. The van der Waals surface area contributed by atoms with E-state index in [9.17, 15) is 9.18 Å². The first kappa shape index (κ1) is 20.7. The van der Waals surface area contributed by atoms with Gasteiger partial charge < -0.3 is 15.5 Å². The lowest BCUT2D eigenvalue weighted by atomic mass is 9.98. The van der Waals surface area contributed by atoms with Crippen molar-refractivity contribution in [2.45, 2.75) is 39.7 Å². The molecule has 8 heteroatoms. The van der Waals surface area contributed by atoms with Crippen LogP contribution in [0.25, 0.3) is 0 Å². The standard InChI is InChI=1S/C23H25FN6O/c1-3-18-19(4-2)28-29-22(25-18)30-13-12-16-15(14-30)8-7-11-20(16)26-23(31)27-21-10-6-5-9-17(21)24/h5-11H,3-4,12-14H2,1-2H3,(H2,26,27,31). The molecule has 2 N–H and O–H groups in total. The van der Waals surface area contributed by atoms with E-state index >= 15 is 0 Å². The molecule has 31 heavy (non-hydrogen) atoms. The van der Waals surface area contributed by atoms with Crippen molar-refractivity contribution >= 4 is 23.4 Å². The molecule has 1 aliphatic rings. The van der Waals surface area contributed by atoms with E-state index in [4.69, 9.17) is 4.98 Å². The number of anilines is 3. The van der Waals surface area contributed by atoms with E-state index in [0.29, 0.717) is 12.5 Å². The minimum absolute atomic E-state index is 0.142. The van der Waals surface area contributed by atoms with E-state index in [1.165, 1.54) is 12.1 Å². The predicted octanol–water partition coefficient (Wildman–Crippen LogP) is 4.34. The van der Waals surface area contributed by atoms with Crippen LogP contribution in [-0.2, 0) is 25.8 Å². The molecule has 7 nitrogen and oxygen atoms in total. The van der Waals surface area contributed by atoms with Gasteiger partial charge in [-0.05, 0) is 48.6 Å². The lowest BCUT2D eigenvalue weighted by Gasteiger charge is -2.30. The van der Waals surface area contributed by atoms with Gasteiger partial charge in [0.05, 0.1) is 17.1 Å². The highest BCUT2D eigenvalue weighted by atomic mass is 19.1. The normalized spacial score (nSPS) is 12.9. The second kappa shape index (κ2) is 9.07. The average Bonchev–Trinajstić information content (AvgIpc) is 2.80. The Balaban J connectivity index is 1.50. The summed E-state index contributed by atoms with van der Waals surface area (Å²) in [6.07, 6.45) is 2.36. The van der Waals surface area contributed by atoms with Gasteiger partial charge in [-0.3, -0.25) is 0 Å². The van der Waals surface area contributed by atoms with Crippen molar-refractivity contribution in [3.05, 3.63) is 70.8 Å². The Morgan fingerprint density at radius 3 is 2.52 bits per heavy atom. The van der Waals surface area contributed by atoms with Crippen LogP contribution in [0.4, 0.5) is 26.5 Å². The van der Waals surface area contributed by atoms with Crippen molar-refractivity contribution in [2.24, 2.45) is 0 Å². The Labute approximate surface area is 180 Å². The third kappa shape index (κ3) is 4.47. The maximum Gasteiger partial charge on any atom is 0.323 e. The van der Waals surface area contributed by atoms with Crippen LogP contribution < -0.4 is 15.5 Å². The number of nitrogens with one attached hydrogen (secondary N) is 2. The number of amides is 2. The van der Waals surface area contributed by atoms with E-state index in [-0.39, 0.29) is 5.69 Å². The molecule has 0 aliphatic carbocycles. The number of nitrogens with zero attached hydrogens (tertiary/aromatic N) is 4. The highest BCUT2D eigenvalue weighted by Crippen LogP contribution is 2.28. The third-order valence-corrected chi connectivity index (χ3v) is 5.42. The molecule has 0 unspecified atom stereocenters. The first-order valence-corrected chi connectivity index (χ1v) is 10.5. The summed E-state index contributed by atoms with van der Waals surface area (Å²) in [6, 6.07) is 11.4. The predicted molar refractivity (Wildman–Crippen MR) is 119 cm³/mol. The number of rotatable bonds is 5. The fraction of sp³-hybridized carbons (Fsp3) is 0.304. The number of para-hydroxylation sites is 1. The van der Waals surface area contributed by atoms with Crippen molar-refractivity contribution in [1.82, 2.24) is 15.2 Å². The van der Waals surface area contributed by atoms with Crippen LogP contribution in [0.5, 0.6) is 0 Å². The van der Waals surface area contributed by atoms with Crippen LogP contribution in [0.15, 0.2) is 42.5 Å². The van der Waals surface area contributed by atoms with Gasteiger partial charge in [-0.1, -0.05) is 38.1 Å². The van der Waals surface area contributed by atoms with Crippen molar-refractivity contribution < 1.29 is 9.18 Å². The van der Waals surface area contributed by atoms with Gasteiger partial charge in [0.2, 0.25) is 5.95 Å². The van der Waals surface area contributed by atoms with Gasteiger partial charge in [0.1, 0.15) is 5.82 Å². The number of aromatic nitrogens is 3. The number of benzene rings is 2. The van der Waals surface area contributed by atoms with Crippen molar-refractivity contribution in [3.63, 3.8) is 0 Å². The Morgan fingerprint density at radius 2 is 1.74 bits per heavy atom. The molecule has 0 saturated carbocycles. The molecule has 2 aromatic carbocycles. The molecule has 160 valence electrons. The summed E-state index contributed by atoms with van der Waals surface area (Å²) in [7, 11) is 0. The fourth-order valence-electron chi connectivity index (χ4n) is 3.80. The summed E-state index contributed by atoms with van der Waals surface area (Å²) in [4.78, 5) is 19.2. The number of carbonyl (C=O) groups is 1. The van der Waals surface area contributed by atoms with E-state index < -0.39 is 11.8 Å². The second-order valence-corrected chi connectivity index (χ2v) is 7.39. The minimum Gasteiger partial charge on any atom is -0.335 e. The molecule has 2 amide bonds. The molecular formula is C23H25FN6O. The van der Waals surface area contributed by atoms with E-state index in [1.54, 1.807) is 12.1 Å². The maximum atomic E-state index is 13.8. The van der Waals surface area contributed by atoms with Crippen LogP contribution in [-0.4, -0.2) is 27.8 Å². The van der Waals surface area contributed by atoms with Crippen LogP contribution in [0.1, 0.15) is 36.4 Å². The summed E-state index contributed by atoms with van der Waals surface area (Å²) >= 11 is 0. The van der Waals surface area contributed by atoms with Crippen molar-refractivity contribution in [1.29, 1.82) is 0 Å². The highest BCUT2D eigenvalue weighted by Gasteiger charge is 2.22. The zero-order chi connectivity index (χ0) is 21.8. The van der Waals surface area contributed by atoms with Gasteiger partial charge in [-0.25, -0.2) is 14.2 Å². The first-order valence-electron chi connectivity index (χ1n) is 10.5. The molecular weight excluding hydrogens is 395 g/mol. The molecule has 0 saturated heterocycles. The summed E-state index contributed by atoms with van der Waals surface area (Å²) < 4.78 is 13.8. The van der Waals surface area contributed by atoms with Gasteiger partial charge in [-0.15, -0.1) is 5.10 Å². The number of hydrogen-bond acceptors (Lipinski definition) is 5. The van der Waals surface area contributed by atoms with Crippen molar-refractivity contribution in [2.75, 3.05) is 22.1 Å². The summed E-state index contributed by atoms with van der Waals surface area (Å²) in [6.45, 7) is 5.48. The van der Waals surface area contributed by atoms with E-state index in [0.717, 1.165) is 54.0 Å². The Bertz CT molecular complexity index is 1100. The number of halogens is 1. The van der Waals surface area contributed by atoms with Gasteiger partial charge >= 0.3 is 6.03 Å². The summed E-state index contributed by atoms with van der Waals surface area (Å²) in [5.74, 6) is 0.160. The third-order valence-electron chi connectivity index (χ3n) is 5.42. The highest BCUT2D eigenvalue weighted by molar-refractivity contribution is 6.00. The minimum atomic E-state index is -0.476. The lowest BCUT2D eigenvalue weighted by molar-refractivity contribution is 0.262. The number of hydrogen-bond donors (Lipinski definition) is 2. The van der Waals surface area contributed by atoms with Crippen LogP contribution in [0.2, 0.25) is 0 Å². The molecule has 1 aliphatic heterocycles. The van der Waals surface area contributed by atoms with Crippen LogP contribution in [0.3, 0.4) is 0 Å². The molecule has 1 aromatic heterocycles. The smallest absolute Gasteiger partial charge is 0.323 e. The number of aryl methyl sites for hydroxylation is 2. The Hall–Kier alpha value is -3.55. The summed E-state index contributed by atoms with van der Waals surface area (Å²) in [5.41, 5.74) is 4.95. The topological polar surface area (TPSA) is 83.0 Å². The van der Waals surface area contributed by atoms with E-state index in [2.05, 4.69) is 39.6 Å². The molecule has 0 radical (unpaired) electrons.